The second-order valence-electron chi connectivity index (χ2n) is 7.08. The van der Waals surface area contributed by atoms with Gasteiger partial charge in [0.2, 0.25) is 5.91 Å². The standard InChI is InChI=1S/C19H24N4O3/c1-22(10-14-2-6-20-7-3-14)12-18(24)23-8-4-17-16(11-23)21-19(26-17)15-5-9-25-13-15/h2-3,6-7,15H,4-5,8-13H2,1H3. The molecule has 4 heterocycles. The predicted octanol–water partition coefficient (Wildman–Crippen LogP) is 1.59. The fraction of sp³-hybridized carbons (Fsp3) is 0.526. The van der Waals surface area contributed by atoms with Crippen molar-refractivity contribution in [2.24, 2.45) is 0 Å². The van der Waals surface area contributed by atoms with Crippen LogP contribution >= 0.6 is 0 Å². The third-order valence-electron chi connectivity index (χ3n) is 4.98. The smallest absolute Gasteiger partial charge is 0.237 e. The molecule has 2 aliphatic heterocycles. The maximum Gasteiger partial charge on any atom is 0.237 e. The van der Waals surface area contributed by atoms with E-state index in [9.17, 15) is 4.79 Å². The topological polar surface area (TPSA) is 71.7 Å². The maximum atomic E-state index is 12.7. The zero-order chi connectivity index (χ0) is 17.9. The molecule has 0 spiro atoms. The SMILES string of the molecule is CN(CC(=O)N1CCc2oc(C3CCOC3)nc2C1)Cc1ccncc1. The van der Waals surface area contributed by atoms with Crippen molar-refractivity contribution in [1.82, 2.24) is 19.8 Å². The lowest BCUT2D eigenvalue weighted by Gasteiger charge is -2.27. The van der Waals surface area contributed by atoms with E-state index in [1.807, 2.05) is 29.0 Å². The van der Waals surface area contributed by atoms with Crippen molar-refractivity contribution in [3.05, 3.63) is 47.4 Å². The number of oxazole rings is 1. The van der Waals surface area contributed by atoms with E-state index in [4.69, 9.17) is 9.15 Å². The molecule has 1 saturated heterocycles. The Labute approximate surface area is 153 Å². The third-order valence-corrected chi connectivity index (χ3v) is 4.98. The van der Waals surface area contributed by atoms with E-state index in [1.165, 1.54) is 0 Å². The molecular formula is C19H24N4O3. The molecule has 0 aromatic carbocycles. The third kappa shape index (κ3) is 3.78. The van der Waals surface area contributed by atoms with Gasteiger partial charge in [-0.25, -0.2) is 4.98 Å². The molecule has 7 nitrogen and oxygen atoms in total. The maximum absolute atomic E-state index is 12.7. The van der Waals surface area contributed by atoms with Gasteiger partial charge in [-0.3, -0.25) is 14.7 Å². The van der Waals surface area contributed by atoms with Crippen molar-refractivity contribution in [2.75, 3.05) is 33.4 Å². The number of likely N-dealkylation sites (N-methyl/N-ethyl adjacent to an activating group) is 1. The van der Waals surface area contributed by atoms with Gasteiger partial charge in [-0.15, -0.1) is 0 Å². The van der Waals surface area contributed by atoms with Crippen LogP contribution in [0.1, 0.15) is 35.2 Å². The van der Waals surface area contributed by atoms with Crippen molar-refractivity contribution in [3.8, 4) is 0 Å². The number of pyridine rings is 1. The van der Waals surface area contributed by atoms with Crippen LogP contribution in [0.25, 0.3) is 0 Å². The van der Waals surface area contributed by atoms with Crippen LogP contribution in [0.3, 0.4) is 0 Å². The summed E-state index contributed by atoms with van der Waals surface area (Å²) in [6, 6.07) is 3.94. The van der Waals surface area contributed by atoms with E-state index in [0.29, 0.717) is 26.2 Å². The highest BCUT2D eigenvalue weighted by molar-refractivity contribution is 5.78. The molecule has 0 radical (unpaired) electrons. The Balaban J connectivity index is 1.35. The number of aromatic nitrogens is 2. The monoisotopic (exact) mass is 356 g/mol. The zero-order valence-corrected chi connectivity index (χ0v) is 15.1. The van der Waals surface area contributed by atoms with E-state index in [1.54, 1.807) is 12.4 Å². The highest BCUT2D eigenvalue weighted by Gasteiger charge is 2.29. The minimum Gasteiger partial charge on any atom is -0.445 e. The molecule has 0 aliphatic carbocycles. The molecule has 1 unspecified atom stereocenters. The van der Waals surface area contributed by atoms with Crippen molar-refractivity contribution >= 4 is 5.91 Å². The molecule has 2 aromatic heterocycles. The van der Waals surface area contributed by atoms with Crippen LogP contribution in [-0.4, -0.2) is 59.0 Å². The fourth-order valence-electron chi connectivity index (χ4n) is 3.52. The Morgan fingerprint density at radius 2 is 2.23 bits per heavy atom. The van der Waals surface area contributed by atoms with Crippen LogP contribution in [0, 0.1) is 0 Å². The first-order chi connectivity index (χ1) is 12.7. The van der Waals surface area contributed by atoms with Gasteiger partial charge in [-0.05, 0) is 31.2 Å². The molecule has 0 saturated carbocycles. The molecule has 2 aromatic rings. The van der Waals surface area contributed by atoms with Gasteiger partial charge in [0, 0.05) is 38.5 Å². The van der Waals surface area contributed by atoms with Crippen molar-refractivity contribution in [2.45, 2.75) is 31.8 Å². The Hall–Kier alpha value is -2.25. The molecule has 7 heteroatoms. The lowest BCUT2D eigenvalue weighted by molar-refractivity contribution is -0.133. The zero-order valence-electron chi connectivity index (χ0n) is 15.1. The number of rotatable bonds is 5. The van der Waals surface area contributed by atoms with E-state index < -0.39 is 0 Å². The van der Waals surface area contributed by atoms with Gasteiger partial charge in [-0.1, -0.05) is 0 Å². The summed E-state index contributed by atoms with van der Waals surface area (Å²) in [6.07, 6.45) is 5.24. The molecule has 1 fully saturated rings. The highest BCUT2D eigenvalue weighted by atomic mass is 16.5. The molecular weight excluding hydrogens is 332 g/mol. The number of hydrogen-bond donors (Lipinski definition) is 0. The van der Waals surface area contributed by atoms with Gasteiger partial charge in [0.1, 0.15) is 11.5 Å². The molecule has 138 valence electrons. The Kier molecular flexibility index (Phi) is 4.99. The number of carbonyl (C=O) groups is 1. The first-order valence-electron chi connectivity index (χ1n) is 9.10. The molecule has 0 bridgehead atoms. The summed E-state index contributed by atoms with van der Waals surface area (Å²) >= 11 is 0. The fourth-order valence-corrected chi connectivity index (χ4v) is 3.52. The predicted molar refractivity (Wildman–Crippen MR) is 94.4 cm³/mol. The van der Waals surface area contributed by atoms with E-state index in [2.05, 4.69) is 9.97 Å². The normalized spacial score (nSPS) is 19.8. The first kappa shape index (κ1) is 17.2. The number of ether oxygens (including phenoxy) is 1. The second kappa shape index (κ2) is 7.55. The number of amides is 1. The van der Waals surface area contributed by atoms with Crippen molar-refractivity contribution in [1.29, 1.82) is 0 Å². The van der Waals surface area contributed by atoms with Crippen LogP contribution in [0.15, 0.2) is 28.9 Å². The van der Waals surface area contributed by atoms with Crippen LogP contribution in [0.5, 0.6) is 0 Å². The van der Waals surface area contributed by atoms with Gasteiger partial charge < -0.3 is 14.1 Å². The summed E-state index contributed by atoms with van der Waals surface area (Å²) in [5, 5.41) is 0. The summed E-state index contributed by atoms with van der Waals surface area (Å²) in [5.41, 5.74) is 2.06. The summed E-state index contributed by atoms with van der Waals surface area (Å²) in [7, 11) is 1.96. The van der Waals surface area contributed by atoms with Gasteiger partial charge in [0.15, 0.2) is 5.89 Å². The molecule has 26 heavy (non-hydrogen) atoms. The van der Waals surface area contributed by atoms with E-state index in [-0.39, 0.29) is 11.8 Å². The summed E-state index contributed by atoms with van der Waals surface area (Å²) in [6.45, 7) is 3.79. The average Bonchev–Trinajstić information content (AvgIpc) is 3.31. The van der Waals surface area contributed by atoms with Gasteiger partial charge in [-0.2, -0.15) is 0 Å². The minimum absolute atomic E-state index is 0.126. The second-order valence-corrected chi connectivity index (χ2v) is 7.08. The lowest BCUT2D eigenvalue weighted by atomic mass is 10.1. The van der Waals surface area contributed by atoms with Gasteiger partial charge in [0.25, 0.3) is 0 Å². The average molecular weight is 356 g/mol. The summed E-state index contributed by atoms with van der Waals surface area (Å²) < 4.78 is 11.4. The first-order valence-corrected chi connectivity index (χ1v) is 9.10. The molecule has 1 atom stereocenters. The largest absolute Gasteiger partial charge is 0.445 e. The van der Waals surface area contributed by atoms with E-state index in [0.717, 1.165) is 48.9 Å². The molecule has 0 N–H and O–H groups in total. The quantitative estimate of drug-likeness (QED) is 0.810. The highest BCUT2D eigenvalue weighted by Crippen LogP contribution is 2.28. The Bertz CT molecular complexity index is 755. The number of hydrogen-bond acceptors (Lipinski definition) is 6. The van der Waals surface area contributed by atoms with Crippen LogP contribution in [0.2, 0.25) is 0 Å². The molecule has 2 aliphatic rings. The molecule has 1 amide bonds. The van der Waals surface area contributed by atoms with Crippen LogP contribution < -0.4 is 0 Å². The Morgan fingerprint density at radius 1 is 1.38 bits per heavy atom. The van der Waals surface area contributed by atoms with E-state index >= 15 is 0 Å². The number of nitrogens with zero attached hydrogens (tertiary/aromatic N) is 4. The van der Waals surface area contributed by atoms with Crippen LogP contribution in [-0.2, 0) is 29.0 Å². The number of fused-ring (bicyclic) bond motifs is 1. The molecule has 4 rings (SSSR count). The summed E-state index contributed by atoms with van der Waals surface area (Å²) in [4.78, 5) is 25.2. The minimum atomic E-state index is 0.126. The lowest BCUT2D eigenvalue weighted by Crippen LogP contribution is -2.41. The van der Waals surface area contributed by atoms with Crippen molar-refractivity contribution < 1.29 is 13.9 Å². The summed E-state index contributed by atoms with van der Waals surface area (Å²) in [5.74, 6) is 2.09. The Morgan fingerprint density at radius 3 is 3.00 bits per heavy atom. The number of carbonyl (C=O) groups excluding carboxylic acids is 1. The van der Waals surface area contributed by atoms with Gasteiger partial charge >= 0.3 is 0 Å². The van der Waals surface area contributed by atoms with Gasteiger partial charge in [0.05, 0.1) is 25.6 Å². The van der Waals surface area contributed by atoms with Crippen molar-refractivity contribution in [3.63, 3.8) is 0 Å². The van der Waals surface area contributed by atoms with Crippen LogP contribution in [0.4, 0.5) is 0 Å².